The highest BCUT2D eigenvalue weighted by Gasteiger charge is 2.17. The van der Waals surface area contributed by atoms with Crippen LogP contribution < -0.4 is 5.32 Å². The molecule has 0 amide bonds. The smallest absolute Gasteiger partial charge is 0.0591 e. The summed E-state index contributed by atoms with van der Waals surface area (Å²) in [5.41, 5.74) is 0. The second-order valence-corrected chi connectivity index (χ2v) is 5.68. The molecule has 0 aromatic heterocycles. The summed E-state index contributed by atoms with van der Waals surface area (Å²) in [6.45, 7) is 12.1. The topological polar surface area (TPSA) is 24.5 Å². The summed E-state index contributed by atoms with van der Waals surface area (Å²) in [5.74, 6) is 0. The number of hydrogen-bond donors (Lipinski definition) is 1. The van der Waals surface area contributed by atoms with E-state index in [4.69, 9.17) is 4.74 Å². The molecule has 0 spiro atoms. The first-order valence-corrected chi connectivity index (χ1v) is 7.79. The van der Waals surface area contributed by atoms with Gasteiger partial charge in [0.05, 0.1) is 6.61 Å². The van der Waals surface area contributed by atoms with Gasteiger partial charge in [-0.2, -0.15) is 0 Å². The predicted octanol–water partition coefficient (Wildman–Crippen LogP) is 2.66. The monoisotopic (exact) mass is 256 g/mol. The summed E-state index contributed by atoms with van der Waals surface area (Å²) < 4.78 is 5.58. The van der Waals surface area contributed by atoms with Gasteiger partial charge in [-0.25, -0.2) is 0 Å². The molecule has 0 aromatic carbocycles. The summed E-state index contributed by atoms with van der Waals surface area (Å²) >= 11 is 0. The third kappa shape index (κ3) is 6.72. The largest absolute Gasteiger partial charge is 0.380 e. The van der Waals surface area contributed by atoms with Crippen LogP contribution in [0.15, 0.2) is 0 Å². The Kier molecular flexibility index (Phi) is 8.64. The van der Waals surface area contributed by atoms with Crippen molar-refractivity contribution in [3.8, 4) is 0 Å². The second-order valence-electron chi connectivity index (χ2n) is 5.68. The van der Waals surface area contributed by atoms with E-state index in [-0.39, 0.29) is 0 Å². The van der Waals surface area contributed by atoms with Gasteiger partial charge < -0.3 is 15.0 Å². The molecule has 108 valence electrons. The minimum Gasteiger partial charge on any atom is -0.380 e. The van der Waals surface area contributed by atoms with Crippen LogP contribution in [0.1, 0.15) is 52.9 Å². The fourth-order valence-corrected chi connectivity index (χ4v) is 2.52. The minimum absolute atomic E-state index is 0.695. The number of nitrogens with zero attached hydrogens (tertiary/aromatic N) is 1. The zero-order chi connectivity index (χ0) is 13.2. The van der Waals surface area contributed by atoms with Gasteiger partial charge in [-0.15, -0.1) is 0 Å². The quantitative estimate of drug-likeness (QED) is 0.676. The highest BCUT2D eigenvalue weighted by Crippen LogP contribution is 2.13. The molecule has 1 heterocycles. The van der Waals surface area contributed by atoms with E-state index < -0.39 is 0 Å². The summed E-state index contributed by atoms with van der Waals surface area (Å²) in [6.07, 6.45) is 6.34. The van der Waals surface area contributed by atoms with Crippen LogP contribution in [-0.4, -0.2) is 49.8 Å². The highest BCUT2D eigenvalue weighted by molar-refractivity contribution is 4.76. The number of rotatable bonds is 8. The van der Waals surface area contributed by atoms with Crippen molar-refractivity contribution < 1.29 is 4.74 Å². The van der Waals surface area contributed by atoms with E-state index in [1.165, 1.54) is 45.2 Å². The standard InChI is InChI=1S/C15H32N2O/c1-4-5-12-18-13-9-16-15-7-6-10-17(11-8-15)14(2)3/h14-16H,4-13H2,1-3H3. The number of likely N-dealkylation sites (tertiary alicyclic amines) is 1. The van der Waals surface area contributed by atoms with Gasteiger partial charge in [0.2, 0.25) is 0 Å². The van der Waals surface area contributed by atoms with Crippen LogP contribution in [0.5, 0.6) is 0 Å². The number of nitrogens with one attached hydrogen (secondary N) is 1. The molecule has 18 heavy (non-hydrogen) atoms. The van der Waals surface area contributed by atoms with Gasteiger partial charge in [0.25, 0.3) is 0 Å². The zero-order valence-corrected chi connectivity index (χ0v) is 12.6. The van der Waals surface area contributed by atoms with E-state index in [0.29, 0.717) is 12.1 Å². The van der Waals surface area contributed by atoms with Crippen molar-refractivity contribution in [3.63, 3.8) is 0 Å². The normalized spacial score (nSPS) is 22.3. The van der Waals surface area contributed by atoms with Crippen LogP contribution in [0.3, 0.4) is 0 Å². The zero-order valence-electron chi connectivity index (χ0n) is 12.6. The molecule has 3 heteroatoms. The average molecular weight is 256 g/mol. The molecule has 1 aliphatic heterocycles. The van der Waals surface area contributed by atoms with Gasteiger partial charge in [0.15, 0.2) is 0 Å². The Morgan fingerprint density at radius 1 is 1.22 bits per heavy atom. The van der Waals surface area contributed by atoms with E-state index in [2.05, 4.69) is 31.0 Å². The van der Waals surface area contributed by atoms with E-state index >= 15 is 0 Å². The van der Waals surface area contributed by atoms with Crippen molar-refractivity contribution in [2.45, 2.75) is 65.0 Å². The van der Waals surface area contributed by atoms with Crippen LogP contribution in [0.25, 0.3) is 0 Å². The highest BCUT2D eigenvalue weighted by atomic mass is 16.5. The molecule has 0 aliphatic carbocycles. The van der Waals surface area contributed by atoms with Crippen molar-refractivity contribution in [2.24, 2.45) is 0 Å². The maximum atomic E-state index is 5.58. The Balaban J connectivity index is 2.05. The predicted molar refractivity (Wildman–Crippen MR) is 78.1 cm³/mol. The van der Waals surface area contributed by atoms with Crippen molar-refractivity contribution in [3.05, 3.63) is 0 Å². The summed E-state index contributed by atoms with van der Waals surface area (Å²) in [4.78, 5) is 2.60. The molecular weight excluding hydrogens is 224 g/mol. The van der Waals surface area contributed by atoms with Crippen molar-refractivity contribution in [1.82, 2.24) is 10.2 Å². The maximum Gasteiger partial charge on any atom is 0.0591 e. The molecule has 0 aromatic rings. The lowest BCUT2D eigenvalue weighted by molar-refractivity contribution is 0.130. The SMILES string of the molecule is CCCCOCCNC1CCCN(C(C)C)CC1. The van der Waals surface area contributed by atoms with Gasteiger partial charge in [-0.05, 0) is 52.6 Å². The summed E-state index contributed by atoms with van der Waals surface area (Å²) in [5, 5.41) is 3.65. The fourth-order valence-electron chi connectivity index (χ4n) is 2.52. The molecule has 1 rings (SSSR count). The van der Waals surface area contributed by atoms with Crippen molar-refractivity contribution in [1.29, 1.82) is 0 Å². The Hall–Kier alpha value is -0.120. The third-order valence-corrected chi connectivity index (χ3v) is 3.81. The van der Waals surface area contributed by atoms with Crippen LogP contribution in [0.4, 0.5) is 0 Å². The average Bonchev–Trinajstić information content (AvgIpc) is 2.59. The first-order valence-electron chi connectivity index (χ1n) is 7.79. The Morgan fingerprint density at radius 3 is 2.78 bits per heavy atom. The summed E-state index contributed by atoms with van der Waals surface area (Å²) in [6, 6.07) is 1.39. The number of unbranched alkanes of at least 4 members (excludes halogenated alkanes) is 1. The van der Waals surface area contributed by atoms with E-state index in [0.717, 1.165) is 19.8 Å². The molecule has 1 atom stereocenters. The van der Waals surface area contributed by atoms with Gasteiger partial charge >= 0.3 is 0 Å². The van der Waals surface area contributed by atoms with Gasteiger partial charge in [-0.1, -0.05) is 13.3 Å². The molecule has 0 bridgehead atoms. The van der Waals surface area contributed by atoms with Crippen LogP contribution in [0.2, 0.25) is 0 Å². The van der Waals surface area contributed by atoms with Crippen molar-refractivity contribution in [2.75, 3.05) is 32.8 Å². The molecule has 0 saturated carbocycles. The lowest BCUT2D eigenvalue weighted by atomic mass is 10.1. The molecule has 1 unspecified atom stereocenters. The van der Waals surface area contributed by atoms with E-state index in [1.807, 2.05) is 0 Å². The molecule has 0 radical (unpaired) electrons. The van der Waals surface area contributed by atoms with Gasteiger partial charge in [0, 0.05) is 25.2 Å². The van der Waals surface area contributed by atoms with Gasteiger partial charge in [-0.3, -0.25) is 0 Å². The Bertz CT molecular complexity index is 197. The molecule has 1 aliphatic rings. The lowest BCUT2D eigenvalue weighted by Gasteiger charge is -2.24. The van der Waals surface area contributed by atoms with E-state index in [1.54, 1.807) is 0 Å². The number of ether oxygens (including phenoxy) is 1. The first-order chi connectivity index (χ1) is 8.74. The van der Waals surface area contributed by atoms with Gasteiger partial charge in [0.1, 0.15) is 0 Å². The first kappa shape index (κ1) is 15.9. The van der Waals surface area contributed by atoms with Crippen LogP contribution in [0, 0.1) is 0 Å². The molecule has 1 saturated heterocycles. The summed E-state index contributed by atoms with van der Waals surface area (Å²) in [7, 11) is 0. The molecular formula is C15H32N2O. The van der Waals surface area contributed by atoms with Crippen LogP contribution in [-0.2, 0) is 4.74 Å². The van der Waals surface area contributed by atoms with Crippen molar-refractivity contribution >= 4 is 0 Å². The number of hydrogen-bond acceptors (Lipinski definition) is 3. The molecule has 3 nitrogen and oxygen atoms in total. The van der Waals surface area contributed by atoms with E-state index in [9.17, 15) is 0 Å². The molecule has 1 fully saturated rings. The molecule has 1 N–H and O–H groups in total. The fraction of sp³-hybridized carbons (Fsp3) is 1.00. The lowest BCUT2D eigenvalue weighted by Crippen LogP contribution is -2.35. The Morgan fingerprint density at radius 2 is 2.06 bits per heavy atom. The minimum atomic E-state index is 0.695. The third-order valence-electron chi connectivity index (χ3n) is 3.81. The maximum absolute atomic E-state index is 5.58. The van der Waals surface area contributed by atoms with Crippen LogP contribution >= 0.6 is 0 Å². The second kappa shape index (κ2) is 9.76. The Labute approximate surface area is 113 Å².